The van der Waals surface area contributed by atoms with E-state index in [2.05, 4.69) is 5.32 Å². The molecule has 0 spiro atoms. The highest BCUT2D eigenvalue weighted by Gasteiger charge is 2.29. The number of rotatable bonds is 4. The van der Waals surface area contributed by atoms with Gasteiger partial charge >= 0.3 is 0 Å². The van der Waals surface area contributed by atoms with E-state index < -0.39 is 6.10 Å². The molecule has 1 heterocycles. The number of nitrogens with two attached hydrogens (primary N) is 1. The number of carbonyl (C=O) groups excluding carboxylic acids is 1. The molecule has 1 aliphatic rings. The van der Waals surface area contributed by atoms with Crippen LogP contribution < -0.4 is 11.1 Å². The van der Waals surface area contributed by atoms with Gasteiger partial charge in [-0.25, -0.2) is 0 Å². The zero-order valence-corrected chi connectivity index (χ0v) is 12.3. The van der Waals surface area contributed by atoms with Crippen molar-refractivity contribution in [2.45, 2.75) is 29.9 Å². The van der Waals surface area contributed by atoms with Crippen LogP contribution in [-0.2, 0) is 9.53 Å². The number of ether oxygens (including phenoxy) is 1. The van der Waals surface area contributed by atoms with Crippen molar-refractivity contribution in [1.29, 1.82) is 0 Å². The van der Waals surface area contributed by atoms with E-state index in [0.29, 0.717) is 23.7 Å². The molecule has 0 bridgehead atoms. The quantitative estimate of drug-likeness (QED) is 0.839. The smallest absolute Gasteiger partial charge is 0.253 e. The summed E-state index contributed by atoms with van der Waals surface area (Å²) >= 11 is 7.67. The summed E-state index contributed by atoms with van der Waals surface area (Å²) in [6, 6.07) is 5.48. The van der Waals surface area contributed by atoms with Crippen LogP contribution in [-0.4, -0.2) is 30.9 Å². The summed E-state index contributed by atoms with van der Waals surface area (Å²) < 4.78 is 5.55. The topological polar surface area (TPSA) is 64.4 Å². The Morgan fingerprint density at radius 3 is 2.95 bits per heavy atom. The number of hydrogen-bond acceptors (Lipinski definition) is 4. The molecule has 2 atom stereocenters. The van der Waals surface area contributed by atoms with Gasteiger partial charge in [0.05, 0.1) is 11.1 Å². The van der Waals surface area contributed by atoms with E-state index in [-0.39, 0.29) is 12.0 Å². The lowest BCUT2D eigenvalue weighted by molar-refractivity contribution is -0.126. The van der Waals surface area contributed by atoms with Gasteiger partial charge in [0, 0.05) is 17.1 Å². The summed E-state index contributed by atoms with van der Waals surface area (Å²) in [6.45, 7) is 0.456. The molecule has 4 nitrogen and oxygen atoms in total. The second-order valence-corrected chi connectivity index (χ2v) is 5.65. The number of benzene rings is 1. The Labute approximate surface area is 122 Å². The summed E-state index contributed by atoms with van der Waals surface area (Å²) in [5.41, 5.74) is 6.21. The van der Waals surface area contributed by atoms with Gasteiger partial charge in [0.1, 0.15) is 6.10 Å². The lowest BCUT2D eigenvalue weighted by Gasteiger charge is -2.13. The largest absolute Gasteiger partial charge is 0.364 e. The molecule has 3 N–H and O–H groups in total. The number of halogens is 1. The standard InChI is InChI=1S/C13H17ClN2O2S/c1-19-12-5-2-8(6-10(12)14)16-13(17)11-4-3-9(7-15)18-11/h2,5-6,9,11H,3-4,7,15H2,1H3,(H,16,17)/t9-,11+/m1/s1. The third-order valence-electron chi connectivity index (χ3n) is 3.08. The van der Waals surface area contributed by atoms with Gasteiger partial charge in [0.15, 0.2) is 0 Å². The predicted octanol–water partition coefficient (Wildman–Crippen LogP) is 2.51. The van der Waals surface area contributed by atoms with Crippen molar-refractivity contribution < 1.29 is 9.53 Å². The highest BCUT2D eigenvalue weighted by atomic mass is 35.5. The maximum Gasteiger partial charge on any atom is 0.253 e. The molecule has 0 unspecified atom stereocenters. The number of anilines is 1. The normalized spacial score (nSPS) is 22.5. The Balaban J connectivity index is 1.97. The molecule has 0 aromatic heterocycles. The van der Waals surface area contributed by atoms with Crippen LogP contribution in [0.25, 0.3) is 0 Å². The van der Waals surface area contributed by atoms with E-state index in [1.807, 2.05) is 18.4 Å². The summed E-state index contributed by atoms with van der Waals surface area (Å²) in [5.74, 6) is -0.135. The molecule has 1 saturated heterocycles. The van der Waals surface area contributed by atoms with Crippen molar-refractivity contribution in [2.24, 2.45) is 5.73 Å². The Kier molecular flexibility index (Phi) is 5.10. The maximum atomic E-state index is 12.0. The molecule has 0 aliphatic carbocycles. The van der Waals surface area contributed by atoms with Gasteiger partial charge in [-0.1, -0.05) is 11.6 Å². The summed E-state index contributed by atoms with van der Waals surface area (Å²) in [5, 5.41) is 3.46. The van der Waals surface area contributed by atoms with E-state index >= 15 is 0 Å². The molecule has 1 aliphatic heterocycles. The first-order valence-corrected chi connectivity index (χ1v) is 7.74. The van der Waals surface area contributed by atoms with Gasteiger partial charge in [-0.15, -0.1) is 11.8 Å². The third-order valence-corrected chi connectivity index (χ3v) is 4.30. The lowest BCUT2D eigenvalue weighted by Crippen LogP contribution is -2.29. The second kappa shape index (κ2) is 6.61. The van der Waals surface area contributed by atoms with Gasteiger partial charge in [-0.3, -0.25) is 4.79 Å². The van der Waals surface area contributed by atoms with Gasteiger partial charge in [0.2, 0.25) is 0 Å². The number of nitrogens with one attached hydrogen (secondary N) is 1. The molecular weight excluding hydrogens is 284 g/mol. The predicted molar refractivity (Wildman–Crippen MR) is 78.8 cm³/mol. The van der Waals surface area contributed by atoms with E-state index in [9.17, 15) is 4.79 Å². The van der Waals surface area contributed by atoms with Crippen molar-refractivity contribution in [1.82, 2.24) is 0 Å². The van der Waals surface area contributed by atoms with Crippen molar-refractivity contribution >= 4 is 35.0 Å². The minimum atomic E-state index is -0.410. The summed E-state index contributed by atoms with van der Waals surface area (Å²) in [7, 11) is 0. The first kappa shape index (κ1) is 14.7. The molecule has 1 amide bonds. The van der Waals surface area contributed by atoms with Crippen LogP contribution >= 0.6 is 23.4 Å². The van der Waals surface area contributed by atoms with E-state index in [4.69, 9.17) is 22.1 Å². The molecular formula is C13H17ClN2O2S. The molecule has 0 saturated carbocycles. The Bertz CT molecular complexity index is 470. The Hall–Kier alpha value is -0.750. The molecule has 1 aromatic carbocycles. The van der Waals surface area contributed by atoms with Gasteiger partial charge in [0.25, 0.3) is 5.91 Å². The third kappa shape index (κ3) is 3.63. The fourth-order valence-corrected chi connectivity index (χ4v) is 2.91. The SMILES string of the molecule is CSc1ccc(NC(=O)[C@@H]2CC[C@H](CN)O2)cc1Cl. The monoisotopic (exact) mass is 300 g/mol. The van der Waals surface area contributed by atoms with Crippen LogP contribution in [0, 0.1) is 0 Å². The van der Waals surface area contributed by atoms with E-state index in [1.54, 1.807) is 17.8 Å². The average molecular weight is 301 g/mol. The number of amides is 1. The second-order valence-electron chi connectivity index (χ2n) is 4.40. The molecule has 1 aromatic rings. The average Bonchev–Trinajstić information content (AvgIpc) is 2.88. The van der Waals surface area contributed by atoms with Crippen LogP contribution in [0.5, 0.6) is 0 Å². The zero-order valence-electron chi connectivity index (χ0n) is 10.7. The Morgan fingerprint density at radius 1 is 1.58 bits per heavy atom. The molecule has 104 valence electrons. The minimum absolute atomic E-state index is 0.00166. The van der Waals surface area contributed by atoms with Crippen molar-refractivity contribution in [3.63, 3.8) is 0 Å². The van der Waals surface area contributed by atoms with Crippen molar-refractivity contribution in [3.05, 3.63) is 23.2 Å². The first-order chi connectivity index (χ1) is 9.13. The summed E-state index contributed by atoms with van der Waals surface area (Å²) in [6.07, 6.45) is 3.09. The Morgan fingerprint density at radius 2 is 2.37 bits per heavy atom. The first-order valence-electron chi connectivity index (χ1n) is 6.14. The highest BCUT2D eigenvalue weighted by Crippen LogP contribution is 2.28. The number of thioether (sulfide) groups is 1. The van der Waals surface area contributed by atoms with Crippen LogP contribution in [0.15, 0.2) is 23.1 Å². The molecule has 2 rings (SSSR count). The van der Waals surface area contributed by atoms with E-state index in [0.717, 1.165) is 11.3 Å². The zero-order chi connectivity index (χ0) is 13.8. The van der Waals surface area contributed by atoms with Crippen molar-refractivity contribution in [2.75, 3.05) is 18.1 Å². The van der Waals surface area contributed by atoms with Crippen LogP contribution in [0.4, 0.5) is 5.69 Å². The lowest BCUT2D eigenvalue weighted by atomic mass is 10.2. The maximum absolute atomic E-state index is 12.0. The van der Waals surface area contributed by atoms with Crippen LogP contribution in [0.1, 0.15) is 12.8 Å². The molecule has 0 radical (unpaired) electrons. The highest BCUT2D eigenvalue weighted by molar-refractivity contribution is 7.98. The number of hydrogen-bond donors (Lipinski definition) is 2. The van der Waals surface area contributed by atoms with Gasteiger partial charge in [-0.05, 0) is 37.3 Å². The van der Waals surface area contributed by atoms with E-state index in [1.165, 1.54) is 0 Å². The molecule has 1 fully saturated rings. The molecule has 6 heteroatoms. The van der Waals surface area contributed by atoms with Gasteiger partial charge < -0.3 is 15.8 Å². The minimum Gasteiger partial charge on any atom is -0.364 e. The summed E-state index contributed by atoms with van der Waals surface area (Å²) in [4.78, 5) is 13.0. The molecule has 19 heavy (non-hydrogen) atoms. The fourth-order valence-electron chi connectivity index (χ4n) is 2.04. The van der Waals surface area contributed by atoms with Crippen LogP contribution in [0.3, 0.4) is 0 Å². The number of carbonyl (C=O) groups is 1. The van der Waals surface area contributed by atoms with Crippen molar-refractivity contribution in [3.8, 4) is 0 Å². The van der Waals surface area contributed by atoms with Gasteiger partial charge in [-0.2, -0.15) is 0 Å². The fraction of sp³-hybridized carbons (Fsp3) is 0.462. The van der Waals surface area contributed by atoms with Crippen LogP contribution in [0.2, 0.25) is 5.02 Å².